The molecule has 0 spiro atoms. The Kier molecular flexibility index (Phi) is 8.90. The molecule has 0 aromatic carbocycles. The number of Topliss-reactive ketones (excluding diaryl/α,β-unsaturated/α-hetero) is 1. The average Bonchev–Trinajstić information content (AvgIpc) is 2.67. The summed E-state index contributed by atoms with van der Waals surface area (Å²) >= 11 is 0. The standard InChI is InChI=1S/C22H39NO5.H2/c1-17(2)20(25)21-6-9-22(10-7-21,11-8-21)23-19(24)5-12-26-13-14-27-15-16-28-18(3)4;/h17-18H,5-16H2,1-4H3,(H,23,24);1H. The van der Waals surface area contributed by atoms with Gasteiger partial charge < -0.3 is 19.5 Å². The molecule has 3 aliphatic rings. The zero-order valence-corrected chi connectivity index (χ0v) is 18.2. The van der Waals surface area contributed by atoms with Crippen LogP contribution >= 0.6 is 0 Å². The van der Waals surface area contributed by atoms with Crippen molar-refractivity contribution in [3.8, 4) is 0 Å². The number of carbonyl (C=O) groups is 2. The fraction of sp³-hybridized carbons (Fsp3) is 0.909. The van der Waals surface area contributed by atoms with Crippen LogP contribution in [0.4, 0.5) is 0 Å². The Morgan fingerprint density at radius 3 is 1.93 bits per heavy atom. The molecular formula is C22H41NO5. The molecule has 3 aliphatic carbocycles. The molecule has 0 saturated heterocycles. The Hall–Kier alpha value is -0.980. The summed E-state index contributed by atoms with van der Waals surface area (Å²) in [5.41, 5.74) is -0.223. The lowest BCUT2D eigenvalue weighted by Crippen LogP contribution is -2.58. The third-order valence-electron chi connectivity index (χ3n) is 6.22. The second-order valence-corrected chi connectivity index (χ2v) is 9.02. The van der Waals surface area contributed by atoms with Crippen molar-refractivity contribution in [2.45, 2.75) is 84.3 Å². The zero-order chi connectivity index (χ0) is 20.6. The molecule has 6 nitrogen and oxygen atoms in total. The van der Waals surface area contributed by atoms with Crippen LogP contribution in [-0.2, 0) is 23.8 Å². The molecule has 0 heterocycles. The predicted molar refractivity (Wildman–Crippen MR) is 110 cm³/mol. The van der Waals surface area contributed by atoms with Crippen molar-refractivity contribution in [1.82, 2.24) is 5.32 Å². The Balaban J connectivity index is 0.00000420. The van der Waals surface area contributed by atoms with Crippen molar-refractivity contribution in [1.29, 1.82) is 0 Å². The van der Waals surface area contributed by atoms with Gasteiger partial charge in [0.05, 0.1) is 39.1 Å². The highest BCUT2D eigenvalue weighted by Gasteiger charge is 2.52. The molecule has 0 aromatic heterocycles. The van der Waals surface area contributed by atoms with E-state index in [0.717, 1.165) is 38.5 Å². The van der Waals surface area contributed by atoms with E-state index >= 15 is 0 Å². The van der Waals surface area contributed by atoms with E-state index in [4.69, 9.17) is 14.2 Å². The topological polar surface area (TPSA) is 73.9 Å². The lowest BCUT2D eigenvalue weighted by molar-refractivity contribution is -0.140. The molecule has 28 heavy (non-hydrogen) atoms. The molecule has 2 bridgehead atoms. The number of ether oxygens (including phenoxy) is 3. The summed E-state index contributed by atoms with van der Waals surface area (Å²) in [6.07, 6.45) is 6.10. The molecule has 0 radical (unpaired) electrons. The number of hydrogen-bond acceptors (Lipinski definition) is 5. The molecule has 3 saturated carbocycles. The highest BCUT2D eigenvalue weighted by molar-refractivity contribution is 5.87. The lowest BCUT2D eigenvalue weighted by atomic mass is 9.54. The van der Waals surface area contributed by atoms with Crippen molar-refractivity contribution in [3.63, 3.8) is 0 Å². The van der Waals surface area contributed by atoms with Gasteiger partial charge in [-0.2, -0.15) is 0 Å². The molecule has 3 rings (SSSR count). The minimum absolute atomic E-state index is 0. The monoisotopic (exact) mass is 399 g/mol. The summed E-state index contributed by atoms with van der Waals surface area (Å²) in [5.74, 6) is 0.568. The highest BCUT2D eigenvalue weighted by Crippen LogP contribution is 2.53. The zero-order valence-electron chi connectivity index (χ0n) is 18.2. The number of ketones is 1. The summed E-state index contributed by atoms with van der Waals surface area (Å²) in [6, 6.07) is 0. The van der Waals surface area contributed by atoms with Crippen LogP contribution in [0.2, 0.25) is 0 Å². The second-order valence-electron chi connectivity index (χ2n) is 9.02. The number of carbonyl (C=O) groups excluding carboxylic acids is 2. The number of fused-ring (bicyclic) bond motifs is 3. The van der Waals surface area contributed by atoms with Crippen molar-refractivity contribution in [2.24, 2.45) is 11.3 Å². The van der Waals surface area contributed by atoms with E-state index in [1.807, 2.05) is 27.7 Å². The molecule has 1 N–H and O–H groups in total. The van der Waals surface area contributed by atoms with Crippen LogP contribution in [0.25, 0.3) is 0 Å². The minimum atomic E-state index is -0.121. The van der Waals surface area contributed by atoms with Crippen LogP contribution in [0.1, 0.15) is 74.1 Å². The van der Waals surface area contributed by atoms with Crippen LogP contribution in [0.15, 0.2) is 0 Å². The van der Waals surface area contributed by atoms with Crippen LogP contribution in [0, 0.1) is 11.3 Å². The fourth-order valence-electron chi connectivity index (χ4n) is 4.54. The van der Waals surface area contributed by atoms with Gasteiger partial charge in [-0.05, 0) is 52.4 Å². The largest absolute Gasteiger partial charge is 0.379 e. The van der Waals surface area contributed by atoms with Gasteiger partial charge in [-0.15, -0.1) is 0 Å². The smallest absolute Gasteiger partial charge is 0.222 e. The van der Waals surface area contributed by atoms with Gasteiger partial charge in [0, 0.05) is 24.7 Å². The molecule has 0 aromatic rings. The number of rotatable bonds is 13. The SMILES string of the molecule is CC(C)OCCOCCOCCC(=O)NC12CCC(C(=O)C(C)C)(CC1)CC2.[HH]. The van der Waals surface area contributed by atoms with E-state index in [0.29, 0.717) is 45.2 Å². The van der Waals surface area contributed by atoms with Crippen molar-refractivity contribution >= 4 is 11.7 Å². The molecule has 164 valence electrons. The van der Waals surface area contributed by atoms with E-state index in [2.05, 4.69) is 5.32 Å². The Morgan fingerprint density at radius 2 is 1.39 bits per heavy atom. The van der Waals surface area contributed by atoms with Gasteiger partial charge in [0.25, 0.3) is 0 Å². The second kappa shape index (κ2) is 10.7. The van der Waals surface area contributed by atoms with E-state index in [-0.39, 0.29) is 30.3 Å². The first kappa shape index (κ1) is 23.3. The van der Waals surface area contributed by atoms with Crippen LogP contribution in [0.5, 0.6) is 0 Å². The maximum atomic E-state index is 12.6. The number of amides is 1. The summed E-state index contributed by atoms with van der Waals surface area (Å²) in [4.78, 5) is 24.9. The lowest BCUT2D eigenvalue weighted by Gasteiger charge is -2.53. The number of hydrogen-bond donors (Lipinski definition) is 1. The predicted octanol–water partition coefficient (Wildman–Crippen LogP) is 3.52. The molecular weight excluding hydrogens is 358 g/mol. The molecule has 3 fully saturated rings. The van der Waals surface area contributed by atoms with Gasteiger partial charge in [0.1, 0.15) is 5.78 Å². The Morgan fingerprint density at radius 1 is 0.857 bits per heavy atom. The van der Waals surface area contributed by atoms with Gasteiger partial charge in [-0.25, -0.2) is 0 Å². The molecule has 0 atom stereocenters. The van der Waals surface area contributed by atoms with E-state index in [1.165, 1.54) is 0 Å². The summed E-state index contributed by atoms with van der Waals surface area (Å²) in [7, 11) is 0. The first-order chi connectivity index (χ1) is 13.3. The minimum Gasteiger partial charge on any atom is -0.379 e. The average molecular weight is 400 g/mol. The van der Waals surface area contributed by atoms with Crippen LogP contribution in [-0.4, -0.2) is 56.4 Å². The maximum absolute atomic E-state index is 12.6. The normalized spacial score (nSPS) is 26.8. The number of nitrogens with one attached hydrogen (secondary N) is 1. The molecule has 6 heteroatoms. The van der Waals surface area contributed by atoms with Gasteiger partial charge in [-0.1, -0.05) is 13.8 Å². The van der Waals surface area contributed by atoms with Gasteiger partial charge in [0.2, 0.25) is 5.91 Å². The quantitative estimate of drug-likeness (QED) is 0.480. The van der Waals surface area contributed by atoms with Gasteiger partial charge in [-0.3, -0.25) is 9.59 Å². The van der Waals surface area contributed by atoms with Crippen LogP contribution < -0.4 is 5.32 Å². The van der Waals surface area contributed by atoms with Crippen molar-refractivity contribution in [3.05, 3.63) is 0 Å². The molecule has 1 amide bonds. The van der Waals surface area contributed by atoms with Crippen molar-refractivity contribution < 1.29 is 25.2 Å². The van der Waals surface area contributed by atoms with E-state index < -0.39 is 0 Å². The molecule has 0 aliphatic heterocycles. The van der Waals surface area contributed by atoms with Gasteiger partial charge >= 0.3 is 0 Å². The summed E-state index contributed by atoms with van der Waals surface area (Å²) in [6.45, 7) is 10.5. The Bertz CT molecular complexity index is 499. The van der Waals surface area contributed by atoms with Gasteiger partial charge in [0.15, 0.2) is 0 Å². The van der Waals surface area contributed by atoms with Crippen LogP contribution in [0.3, 0.4) is 0 Å². The summed E-state index contributed by atoms with van der Waals surface area (Å²) < 4.78 is 16.3. The highest BCUT2D eigenvalue weighted by atomic mass is 16.5. The first-order valence-corrected chi connectivity index (χ1v) is 10.9. The van der Waals surface area contributed by atoms with E-state index in [9.17, 15) is 9.59 Å². The fourth-order valence-corrected chi connectivity index (χ4v) is 4.54. The van der Waals surface area contributed by atoms with Crippen molar-refractivity contribution in [2.75, 3.05) is 33.0 Å². The third-order valence-corrected chi connectivity index (χ3v) is 6.22. The maximum Gasteiger partial charge on any atom is 0.222 e. The first-order valence-electron chi connectivity index (χ1n) is 10.9. The van der Waals surface area contributed by atoms with E-state index in [1.54, 1.807) is 0 Å². The third kappa shape index (κ3) is 6.53. The summed E-state index contributed by atoms with van der Waals surface area (Å²) in [5, 5.41) is 3.26. The Labute approximate surface area is 171 Å². The molecule has 0 unspecified atom stereocenters.